The molecular formula is C13H30N2. The summed E-state index contributed by atoms with van der Waals surface area (Å²) in [5.74, 6) is 0. The first-order valence-electron chi connectivity index (χ1n) is 6.55. The predicted molar refractivity (Wildman–Crippen MR) is 69.4 cm³/mol. The van der Waals surface area contributed by atoms with E-state index in [1.807, 2.05) is 0 Å². The molecule has 0 spiro atoms. The Morgan fingerprint density at radius 1 is 1.07 bits per heavy atom. The fourth-order valence-corrected chi connectivity index (χ4v) is 1.72. The van der Waals surface area contributed by atoms with Crippen LogP contribution in [0.5, 0.6) is 0 Å². The summed E-state index contributed by atoms with van der Waals surface area (Å²) in [5, 5.41) is 3.59. The number of nitrogens with one attached hydrogen (secondary N) is 1. The molecule has 0 fully saturated rings. The molecule has 15 heavy (non-hydrogen) atoms. The van der Waals surface area contributed by atoms with Crippen LogP contribution in [0.3, 0.4) is 0 Å². The largest absolute Gasteiger partial charge is 0.314 e. The van der Waals surface area contributed by atoms with Crippen molar-refractivity contribution in [2.24, 2.45) is 0 Å². The number of hydrogen-bond acceptors (Lipinski definition) is 2. The van der Waals surface area contributed by atoms with Crippen LogP contribution in [-0.4, -0.2) is 38.1 Å². The monoisotopic (exact) mass is 214 g/mol. The number of unbranched alkanes of at least 4 members (excludes halogenated alkanes) is 3. The highest BCUT2D eigenvalue weighted by atomic mass is 15.1. The quantitative estimate of drug-likeness (QED) is 0.563. The van der Waals surface area contributed by atoms with Crippen molar-refractivity contribution in [3.63, 3.8) is 0 Å². The molecule has 92 valence electrons. The molecule has 0 aliphatic carbocycles. The van der Waals surface area contributed by atoms with Crippen molar-refractivity contribution in [2.45, 2.75) is 58.4 Å². The van der Waals surface area contributed by atoms with E-state index in [-0.39, 0.29) is 0 Å². The summed E-state index contributed by atoms with van der Waals surface area (Å²) in [6.07, 6.45) is 8.11. The fourth-order valence-electron chi connectivity index (χ4n) is 1.72. The van der Waals surface area contributed by atoms with E-state index in [9.17, 15) is 0 Å². The van der Waals surface area contributed by atoms with Crippen molar-refractivity contribution in [3.05, 3.63) is 0 Å². The Balaban J connectivity index is 3.15. The molecule has 0 aromatic rings. The smallest absolute Gasteiger partial charge is 0.00387 e. The van der Waals surface area contributed by atoms with Crippen molar-refractivity contribution in [1.29, 1.82) is 0 Å². The maximum atomic E-state index is 3.59. The second kappa shape index (κ2) is 10.4. The standard InChI is InChI=1S/C13H30N2/c1-5-6-7-8-10-13(2)14-11-9-12-15(3)4/h13-14H,5-12H2,1-4H3. The number of nitrogens with zero attached hydrogens (tertiary/aromatic N) is 1. The topological polar surface area (TPSA) is 15.3 Å². The SMILES string of the molecule is CCCCCCC(C)NCCCN(C)C. The van der Waals surface area contributed by atoms with Gasteiger partial charge in [0.1, 0.15) is 0 Å². The van der Waals surface area contributed by atoms with Gasteiger partial charge in [0.2, 0.25) is 0 Å². The van der Waals surface area contributed by atoms with Crippen molar-refractivity contribution in [3.8, 4) is 0 Å². The lowest BCUT2D eigenvalue weighted by Gasteiger charge is -2.15. The summed E-state index contributed by atoms with van der Waals surface area (Å²) in [6, 6.07) is 0.698. The summed E-state index contributed by atoms with van der Waals surface area (Å²) >= 11 is 0. The Hall–Kier alpha value is -0.0800. The molecule has 0 heterocycles. The number of hydrogen-bond donors (Lipinski definition) is 1. The molecule has 0 radical (unpaired) electrons. The van der Waals surface area contributed by atoms with Crippen LogP contribution < -0.4 is 5.32 Å². The Labute approximate surface area is 96.4 Å². The van der Waals surface area contributed by atoms with Crippen LogP contribution in [0.2, 0.25) is 0 Å². The second-order valence-electron chi connectivity index (χ2n) is 4.86. The van der Waals surface area contributed by atoms with Crippen molar-refractivity contribution in [2.75, 3.05) is 27.2 Å². The zero-order valence-electron chi connectivity index (χ0n) is 11.2. The highest BCUT2D eigenvalue weighted by Gasteiger charge is 2.00. The van der Waals surface area contributed by atoms with E-state index in [2.05, 4.69) is 38.2 Å². The minimum atomic E-state index is 0.698. The van der Waals surface area contributed by atoms with Gasteiger partial charge in [-0.15, -0.1) is 0 Å². The van der Waals surface area contributed by atoms with E-state index in [1.54, 1.807) is 0 Å². The first-order valence-corrected chi connectivity index (χ1v) is 6.55. The molecule has 0 bridgehead atoms. The van der Waals surface area contributed by atoms with Crippen molar-refractivity contribution in [1.82, 2.24) is 10.2 Å². The summed E-state index contributed by atoms with van der Waals surface area (Å²) in [4.78, 5) is 2.24. The third-order valence-electron chi connectivity index (χ3n) is 2.77. The summed E-state index contributed by atoms with van der Waals surface area (Å²) in [7, 11) is 4.27. The molecule has 1 N–H and O–H groups in total. The highest BCUT2D eigenvalue weighted by molar-refractivity contribution is 4.61. The predicted octanol–water partition coefficient (Wildman–Crippen LogP) is 2.89. The van der Waals surface area contributed by atoms with Gasteiger partial charge in [0.15, 0.2) is 0 Å². The van der Waals surface area contributed by atoms with Gasteiger partial charge in [0.05, 0.1) is 0 Å². The Morgan fingerprint density at radius 3 is 2.40 bits per heavy atom. The second-order valence-corrected chi connectivity index (χ2v) is 4.86. The first-order chi connectivity index (χ1) is 7.16. The minimum Gasteiger partial charge on any atom is -0.314 e. The number of rotatable bonds is 10. The Morgan fingerprint density at radius 2 is 1.80 bits per heavy atom. The fraction of sp³-hybridized carbons (Fsp3) is 1.00. The molecule has 0 saturated heterocycles. The summed E-state index contributed by atoms with van der Waals surface area (Å²) in [5.41, 5.74) is 0. The van der Waals surface area contributed by atoms with Gasteiger partial charge in [-0.2, -0.15) is 0 Å². The van der Waals surface area contributed by atoms with Crippen LogP contribution in [0, 0.1) is 0 Å². The third-order valence-corrected chi connectivity index (χ3v) is 2.77. The van der Waals surface area contributed by atoms with E-state index in [1.165, 1.54) is 45.1 Å². The molecule has 0 aromatic carbocycles. The average molecular weight is 214 g/mol. The molecule has 1 unspecified atom stereocenters. The van der Waals surface area contributed by atoms with Gasteiger partial charge < -0.3 is 10.2 Å². The van der Waals surface area contributed by atoms with Crippen molar-refractivity contribution < 1.29 is 0 Å². The molecular weight excluding hydrogens is 184 g/mol. The lowest BCUT2D eigenvalue weighted by atomic mass is 10.1. The lowest BCUT2D eigenvalue weighted by Crippen LogP contribution is -2.29. The zero-order chi connectivity index (χ0) is 11.5. The molecule has 0 rings (SSSR count). The van der Waals surface area contributed by atoms with E-state index >= 15 is 0 Å². The molecule has 2 heteroatoms. The molecule has 0 aromatic heterocycles. The van der Waals surface area contributed by atoms with Crippen LogP contribution in [0.25, 0.3) is 0 Å². The van der Waals surface area contributed by atoms with Gasteiger partial charge in [-0.1, -0.05) is 32.6 Å². The first kappa shape index (κ1) is 14.9. The van der Waals surface area contributed by atoms with Crippen LogP contribution in [0.15, 0.2) is 0 Å². The van der Waals surface area contributed by atoms with E-state index in [4.69, 9.17) is 0 Å². The third kappa shape index (κ3) is 11.8. The van der Waals surface area contributed by atoms with Gasteiger partial charge >= 0.3 is 0 Å². The van der Waals surface area contributed by atoms with E-state index in [0.717, 1.165) is 6.54 Å². The van der Waals surface area contributed by atoms with Gasteiger partial charge in [0, 0.05) is 6.04 Å². The lowest BCUT2D eigenvalue weighted by molar-refractivity contribution is 0.383. The van der Waals surface area contributed by atoms with Gasteiger partial charge in [0.25, 0.3) is 0 Å². The molecule has 0 aliphatic heterocycles. The Kier molecular flexibility index (Phi) is 10.4. The summed E-state index contributed by atoms with van der Waals surface area (Å²) < 4.78 is 0. The zero-order valence-corrected chi connectivity index (χ0v) is 11.2. The molecule has 1 atom stereocenters. The van der Waals surface area contributed by atoms with Gasteiger partial charge in [-0.25, -0.2) is 0 Å². The molecule has 0 saturated carbocycles. The van der Waals surface area contributed by atoms with Crippen molar-refractivity contribution >= 4 is 0 Å². The van der Waals surface area contributed by atoms with Crippen LogP contribution in [-0.2, 0) is 0 Å². The minimum absolute atomic E-state index is 0.698. The Bertz CT molecular complexity index is 124. The normalized spacial score (nSPS) is 13.4. The molecule has 2 nitrogen and oxygen atoms in total. The molecule has 0 amide bonds. The van der Waals surface area contributed by atoms with Crippen LogP contribution in [0.1, 0.15) is 52.4 Å². The van der Waals surface area contributed by atoms with Gasteiger partial charge in [-0.3, -0.25) is 0 Å². The maximum Gasteiger partial charge on any atom is 0.00387 e. The van der Waals surface area contributed by atoms with Crippen LogP contribution >= 0.6 is 0 Å². The van der Waals surface area contributed by atoms with E-state index < -0.39 is 0 Å². The van der Waals surface area contributed by atoms with Gasteiger partial charge in [-0.05, 0) is 47.0 Å². The van der Waals surface area contributed by atoms with Crippen LogP contribution in [0.4, 0.5) is 0 Å². The highest BCUT2D eigenvalue weighted by Crippen LogP contribution is 2.04. The summed E-state index contributed by atoms with van der Waals surface area (Å²) in [6.45, 7) is 6.92. The molecule has 0 aliphatic rings. The average Bonchev–Trinajstić information content (AvgIpc) is 2.19. The maximum absolute atomic E-state index is 3.59. The van der Waals surface area contributed by atoms with E-state index in [0.29, 0.717) is 6.04 Å².